The molecule has 0 aliphatic heterocycles. The monoisotopic (exact) mass is 438 g/mol. The number of carboxylic acids is 1. The van der Waals surface area contributed by atoms with Crippen LogP contribution in [0.2, 0.25) is 0 Å². The molecule has 170 valence electrons. The summed E-state index contributed by atoms with van der Waals surface area (Å²) in [7, 11) is 0. The van der Waals surface area contributed by atoms with Crippen molar-refractivity contribution in [2.24, 2.45) is 5.92 Å². The molecule has 0 radical (unpaired) electrons. The first kappa shape index (κ1) is 23.3. The zero-order chi connectivity index (χ0) is 23.5. The van der Waals surface area contributed by atoms with Gasteiger partial charge in [0.05, 0.1) is 0 Å². The van der Waals surface area contributed by atoms with Crippen molar-refractivity contribution in [3.63, 3.8) is 0 Å². The predicted octanol–water partition coefficient (Wildman–Crippen LogP) is 3.92. The highest BCUT2D eigenvalue weighted by Crippen LogP contribution is 2.44. The van der Waals surface area contributed by atoms with Gasteiger partial charge in [0.1, 0.15) is 18.2 Å². The second-order valence-corrected chi connectivity index (χ2v) is 8.75. The second kappa shape index (κ2) is 9.42. The van der Waals surface area contributed by atoms with Crippen LogP contribution >= 0.6 is 0 Å². The van der Waals surface area contributed by atoms with Crippen molar-refractivity contribution in [1.82, 2.24) is 10.6 Å². The summed E-state index contributed by atoms with van der Waals surface area (Å²) in [5.41, 5.74) is 3.00. The first-order valence-electron chi connectivity index (χ1n) is 10.8. The first-order chi connectivity index (χ1) is 15.2. The summed E-state index contributed by atoms with van der Waals surface area (Å²) in [6, 6.07) is 15.2. The van der Waals surface area contributed by atoms with E-state index in [1.54, 1.807) is 0 Å². The Labute approximate surface area is 188 Å². The minimum Gasteiger partial charge on any atom is -0.480 e. The number of fused-ring (bicyclic) bond motifs is 3. The third kappa shape index (κ3) is 4.77. The SMILES string of the molecule is CC[C@@H](C)[C@@H](NC(=O)OCC1c2ccccc2-c2ccccc21)C(=O)NC(C)(C)C(=O)O. The largest absolute Gasteiger partial charge is 0.480 e. The summed E-state index contributed by atoms with van der Waals surface area (Å²) in [4.78, 5) is 36.7. The molecule has 3 N–H and O–H groups in total. The number of ether oxygens (including phenoxy) is 1. The minimum absolute atomic E-state index is 0.0880. The molecule has 0 fully saturated rings. The lowest BCUT2D eigenvalue weighted by Crippen LogP contribution is -2.58. The molecular weight excluding hydrogens is 408 g/mol. The van der Waals surface area contributed by atoms with Crippen molar-refractivity contribution in [1.29, 1.82) is 0 Å². The van der Waals surface area contributed by atoms with Gasteiger partial charge in [-0.3, -0.25) is 4.79 Å². The maximum Gasteiger partial charge on any atom is 0.407 e. The molecule has 7 nitrogen and oxygen atoms in total. The maximum atomic E-state index is 12.7. The molecule has 2 aromatic rings. The topological polar surface area (TPSA) is 105 Å². The van der Waals surface area contributed by atoms with E-state index in [4.69, 9.17) is 4.74 Å². The molecule has 0 saturated heterocycles. The fraction of sp³-hybridized carbons (Fsp3) is 0.400. The summed E-state index contributed by atoms with van der Waals surface area (Å²) in [6.45, 7) is 6.65. The van der Waals surface area contributed by atoms with Crippen molar-refractivity contribution in [3.8, 4) is 11.1 Å². The molecule has 1 aliphatic carbocycles. The Morgan fingerprint density at radius 2 is 1.56 bits per heavy atom. The first-order valence-corrected chi connectivity index (χ1v) is 10.8. The second-order valence-electron chi connectivity index (χ2n) is 8.75. The fourth-order valence-electron chi connectivity index (χ4n) is 3.91. The fourth-order valence-corrected chi connectivity index (χ4v) is 3.91. The number of hydrogen-bond acceptors (Lipinski definition) is 4. The van der Waals surface area contributed by atoms with Gasteiger partial charge in [-0.2, -0.15) is 0 Å². The number of nitrogens with one attached hydrogen (secondary N) is 2. The maximum absolute atomic E-state index is 12.7. The highest BCUT2D eigenvalue weighted by molar-refractivity contribution is 5.91. The van der Waals surface area contributed by atoms with Gasteiger partial charge in [-0.05, 0) is 42.0 Å². The number of aliphatic carboxylic acids is 1. The molecule has 0 spiro atoms. The molecule has 32 heavy (non-hydrogen) atoms. The van der Waals surface area contributed by atoms with E-state index in [9.17, 15) is 19.5 Å². The van der Waals surface area contributed by atoms with Gasteiger partial charge >= 0.3 is 12.1 Å². The summed E-state index contributed by atoms with van der Waals surface area (Å²) in [5, 5.41) is 14.4. The van der Waals surface area contributed by atoms with E-state index in [-0.39, 0.29) is 18.4 Å². The third-order valence-corrected chi connectivity index (χ3v) is 6.08. The van der Waals surface area contributed by atoms with Gasteiger partial charge < -0.3 is 20.5 Å². The number of benzene rings is 2. The molecule has 0 saturated carbocycles. The van der Waals surface area contributed by atoms with Crippen molar-refractivity contribution in [2.45, 2.75) is 51.6 Å². The molecule has 7 heteroatoms. The van der Waals surface area contributed by atoms with Crippen molar-refractivity contribution in [2.75, 3.05) is 6.61 Å². The quantitative estimate of drug-likeness (QED) is 0.579. The third-order valence-electron chi connectivity index (χ3n) is 6.08. The Morgan fingerprint density at radius 1 is 1.03 bits per heavy atom. The Morgan fingerprint density at radius 3 is 2.06 bits per heavy atom. The van der Waals surface area contributed by atoms with Gasteiger partial charge in [0.2, 0.25) is 5.91 Å². The number of amides is 2. The number of rotatable bonds is 8. The van der Waals surface area contributed by atoms with E-state index in [2.05, 4.69) is 22.8 Å². The van der Waals surface area contributed by atoms with Crippen LogP contribution in [0.4, 0.5) is 4.79 Å². The Hall–Kier alpha value is -3.35. The molecule has 2 atom stereocenters. The average molecular weight is 439 g/mol. The van der Waals surface area contributed by atoms with Crippen LogP contribution in [0.1, 0.15) is 51.2 Å². The lowest BCUT2D eigenvalue weighted by atomic mass is 9.96. The standard InChI is InChI=1S/C25H30N2O5/c1-5-15(2)21(22(28)27-25(3,4)23(29)30)26-24(31)32-14-20-18-12-8-6-10-16(18)17-11-7-9-13-19(17)20/h6-13,15,20-21H,5,14H2,1-4H3,(H,26,31)(H,27,28)(H,29,30)/t15-,21-/m1/s1. The van der Waals surface area contributed by atoms with Gasteiger partial charge in [0, 0.05) is 5.92 Å². The van der Waals surface area contributed by atoms with Gasteiger partial charge in [0.15, 0.2) is 0 Å². The van der Waals surface area contributed by atoms with Crippen LogP contribution in [0.5, 0.6) is 0 Å². The lowest BCUT2D eigenvalue weighted by molar-refractivity contribution is -0.146. The van der Waals surface area contributed by atoms with Gasteiger partial charge in [0.25, 0.3) is 0 Å². The summed E-state index contributed by atoms with van der Waals surface area (Å²) in [6.07, 6.45) is -0.0876. The van der Waals surface area contributed by atoms with Crippen LogP contribution in [0.25, 0.3) is 11.1 Å². The van der Waals surface area contributed by atoms with Gasteiger partial charge in [-0.15, -0.1) is 0 Å². The summed E-state index contributed by atoms with van der Waals surface area (Å²) in [5.74, 6) is -2.01. The van der Waals surface area contributed by atoms with Crippen LogP contribution in [0.3, 0.4) is 0 Å². The molecule has 2 aromatic carbocycles. The number of carbonyl (C=O) groups is 3. The van der Waals surface area contributed by atoms with Crippen LogP contribution in [0.15, 0.2) is 48.5 Å². The highest BCUT2D eigenvalue weighted by atomic mass is 16.5. The normalized spacial score (nSPS) is 14.6. The average Bonchev–Trinajstić information content (AvgIpc) is 3.09. The number of hydrogen-bond donors (Lipinski definition) is 3. The molecule has 1 aliphatic rings. The van der Waals surface area contributed by atoms with E-state index in [1.807, 2.05) is 50.2 Å². The minimum atomic E-state index is -1.45. The van der Waals surface area contributed by atoms with Crippen molar-refractivity contribution >= 4 is 18.0 Å². The van der Waals surface area contributed by atoms with Crippen LogP contribution in [0, 0.1) is 5.92 Å². The zero-order valence-corrected chi connectivity index (χ0v) is 18.8. The zero-order valence-electron chi connectivity index (χ0n) is 18.8. The smallest absolute Gasteiger partial charge is 0.407 e. The predicted molar refractivity (Wildman–Crippen MR) is 121 cm³/mol. The van der Waals surface area contributed by atoms with Crippen LogP contribution in [-0.2, 0) is 14.3 Å². The molecule has 2 amide bonds. The van der Waals surface area contributed by atoms with Gasteiger partial charge in [-0.1, -0.05) is 68.8 Å². The van der Waals surface area contributed by atoms with Crippen molar-refractivity contribution < 1.29 is 24.2 Å². The Kier molecular flexibility index (Phi) is 6.87. The number of carbonyl (C=O) groups excluding carboxylic acids is 2. The summed E-state index contributed by atoms with van der Waals surface area (Å²) < 4.78 is 5.55. The molecule has 0 bridgehead atoms. The van der Waals surface area contributed by atoms with Crippen LogP contribution in [-0.4, -0.2) is 41.3 Å². The van der Waals surface area contributed by atoms with E-state index < -0.39 is 29.6 Å². The van der Waals surface area contributed by atoms with Crippen LogP contribution < -0.4 is 10.6 Å². The highest BCUT2D eigenvalue weighted by Gasteiger charge is 2.35. The summed E-state index contributed by atoms with van der Waals surface area (Å²) >= 11 is 0. The molecule has 0 unspecified atom stereocenters. The van der Waals surface area contributed by atoms with E-state index in [0.29, 0.717) is 6.42 Å². The molecule has 0 heterocycles. The Bertz CT molecular complexity index is 971. The molecule has 3 rings (SSSR count). The van der Waals surface area contributed by atoms with Crippen molar-refractivity contribution in [3.05, 3.63) is 59.7 Å². The number of carboxylic acid groups (broad SMARTS) is 1. The Balaban J connectivity index is 1.70. The van der Waals surface area contributed by atoms with Gasteiger partial charge in [-0.25, -0.2) is 9.59 Å². The lowest BCUT2D eigenvalue weighted by Gasteiger charge is -2.28. The van der Waals surface area contributed by atoms with E-state index >= 15 is 0 Å². The number of alkyl carbamates (subject to hydrolysis) is 1. The van der Waals surface area contributed by atoms with E-state index in [1.165, 1.54) is 13.8 Å². The van der Waals surface area contributed by atoms with E-state index in [0.717, 1.165) is 22.3 Å². The molecular formula is C25H30N2O5. The molecule has 0 aromatic heterocycles.